The van der Waals surface area contributed by atoms with E-state index in [-0.39, 0.29) is 22.8 Å². The summed E-state index contributed by atoms with van der Waals surface area (Å²) in [4.78, 5) is 39.6. The van der Waals surface area contributed by atoms with Gasteiger partial charge in [-0.05, 0) is 23.6 Å². The molecule has 0 spiro atoms. The fraction of sp³-hybridized carbons (Fsp3) is 0.118. The van der Waals surface area contributed by atoms with Gasteiger partial charge in [0, 0.05) is 16.5 Å². The molecule has 28 heavy (non-hydrogen) atoms. The summed E-state index contributed by atoms with van der Waals surface area (Å²) < 4.78 is 4.92. The highest BCUT2D eigenvalue weighted by atomic mass is 35.5. The molecule has 0 aliphatic heterocycles. The van der Waals surface area contributed by atoms with Crippen LogP contribution in [0.25, 0.3) is 9.88 Å². The molecule has 0 saturated carbocycles. The van der Waals surface area contributed by atoms with Gasteiger partial charge < -0.3 is 10.1 Å². The molecule has 0 atom stereocenters. The molecule has 3 rings (SSSR count). The summed E-state index contributed by atoms with van der Waals surface area (Å²) in [6, 6.07) is 7.69. The molecule has 2 aromatic heterocycles. The van der Waals surface area contributed by atoms with Gasteiger partial charge in [0.1, 0.15) is 10.7 Å². The van der Waals surface area contributed by atoms with Gasteiger partial charge in [-0.1, -0.05) is 17.7 Å². The van der Waals surface area contributed by atoms with Crippen LogP contribution >= 0.6 is 34.3 Å². The molecule has 11 heteroatoms. The molecule has 1 amide bonds. The van der Waals surface area contributed by atoms with Crippen molar-refractivity contribution in [1.82, 2.24) is 4.98 Å². The minimum atomic E-state index is -0.698. The predicted octanol–water partition coefficient (Wildman–Crippen LogP) is 4.16. The van der Waals surface area contributed by atoms with Gasteiger partial charge in [0.15, 0.2) is 6.61 Å². The lowest BCUT2D eigenvalue weighted by molar-refractivity contribution is -0.383. The molecular formula is C17H12ClN3O5S2. The third kappa shape index (κ3) is 5.12. The molecule has 0 bridgehead atoms. The minimum Gasteiger partial charge on any atom is -0.455 e. The number of thiazole rings is 1. The molecular weight excluding hydrogens is 426 g/mol. The van der Waals surface area contributed by atoms with Crippen molar-refractivity contribution in [2.24, 2.45) is 0 Å². The Bertz CT molecular complexity index is 1020. The van der Waals surface area contributed by atoms with E-state index in [1.165, 1.54) is 23.5 Å². The fourth-order valence-corrected chi connectivity index (χ4v) is 3.99. The lowest BCUT2D eigenvalue weighted by Crippen LogP contribution is -2.22. The van der Waals surface area contributed by atoms with E-state index in [2.05, 4.69) is 10.3 Å². The Labute approximate surface area is 171 Å². The number of nitrogens with zero attached hydrogens (tertiary/aromatic N) is 2. The van der Waals surface area contributed by atoms with Gasteiger partial charge in [0.25, 0.3) is 11.6 Å². The number of nitro groups is 1. The van der Waals surface area contributed by atoms with E-state index < -0.39 is 23.4 Å². The number of carbonyl (C=O) groups excluding carboxylic acids is 2. The molecule has 1 aromatic carbocycles. The molecule has 3 aromatic rings. The number of nitro benzene ring substituents is 1. The second-order valence-electron chi connectivity index (χ2n) is 5.43. The average molecular weight is 438 g/mol. The van der Waals surface area contributed by atoms with Crippen LogP contribution < -0.4 is 5.32 Å². The van der Waals surface area contributed by atoms with E-state index in [1.807, 2.05) is 17.5 Å². The zero-order chi connectivity index (χ0) is 20.1. The number of rotatable bonds is 7. The van der Waals surface area contributed by atoms with Crippen molar-refractivity contribution in [2.45, 2.75) is 6.42 Å². The number of carbonyl (C=O) groups is 2. The highest BCUT2D eigenvalue weighted by Crippen LogP contribution is 2.28. The van der Waals surface area contributed by atoms with E-state index in [0.717, 1.165) is 16.0 Å². The molecule has 0 saturated heterocycles. The Morgan fingerprint density at radius 2 is 2.11 bits per heavy atom. The molecule has 0 unspecified atom stereocenters. The monoisotopic (exact) mass is 437 g/mol. The number of nitrogens with one attached hydrogen (secondary N) is 1. The number of anilines is 1. The quantitative estimate of drug-likeness (QED) is 0.337. The number of benzene rings is 1. The van der Waals surface area contributed by atoms with E-state index in [0.29, 0.717) is 5.69 Å². The van der Waals surface area contributed by atoms with Crippen molar-refractivity contribution in [3.05, 3.63) is 61.9 Å². The summed E-state index contributed by atoms with van der Waals surface area (Å²) in [5, 5.41) is 18.0. The van der Waals surface area contributed by atoms with Crippen molar-refractivity contribution < 1.29 is 19.2 Å². The Balaban J connectivity index is 1.52. The maximum absolute atomic E-state index is 11.9. The Kier molecular flexibility index (Phi) is 6.34. The summed E-state index contributed by atoms with van der Waals surface area (Å²) in [7, 11) is 0. The molecule has 8 nitrogen and oxygen atoms in total. The van der Waals surface area contributed by atoms with E-state index in [4.69, 9.17) is 16.3 Å². The van der Waals surface area contributed by atoms with Crippen LogP contribution in [0.1, 0.15) is 5.69 Å². The molecule has 0 aliphatic rings. The lowest BCUT2D eigenvalue weighted by Gasteiger charge is -2.07. The van der Waals surface area contributed by atoms with Gasteiger partial charge in [-0.2, -0.15) is 0 Å². The highest BCUT2D eigenvalue weighted by molar-refractivity contribution is 7.20. The zero-order valence-corrected chi connectivity index (χ0v) is 16.5. The number of esters is 1. The van der Waals surface area contributed by atoms with Crippen molar-refractivity contribution in [3.8, 4) is 9.88 Å². The molecule has 0 fully saturated rings. The van der Waals surface area contributed by atoms with Gasteiger partial charge in [-0.15, -0.1) is 22.7 Å². The first kappa shape index (κ1) is 19.9. The standard InChI is InChI=1S/C17H12ClN3O5S2/c18-10-3-4-12(13(6-10)21(24)25)20-15(22)8-26-16(23)7-11-9-28-17(19-11)14-2-1-5-27-14/h1-6,9H,7-8H2,(H,20,22). The number of halogens is 1. The van der Waals surface area contributed by atoms with Crippen molar-refractivity contribution in [3.63, 3.8) is 0 Å². The summed E-state index contributed by atoms with van der Waals surface area (Å²) in [6.45, 7) is -0.569. The number of hydrogen-bond acceptors (Lipinski definition) is 8. The Morgan fingerprint density at radius 1 is 1.29 bits per heavy atom. The number of hydrogen-bond donors (Lipinski definition) is 1. The minimum absolute atomic E-state index is 0.0319. The van der Waals surface area contributed by atoms with E-state index >= 15 is 0 Å². The summed E-state index contributed by atoms with van der Waals surface area (Å²) in [5.74, 6) is -1.32. The third-order valence-corrected chi connectivity index (χ3v) is 5.57. The van der Waals surface area contributed by atoms with Gasteiger partial charge in [-0.25, -0.2) is 4.98 Å². The predicted molar refractivity (Wildman–Crippen MR) is 107 cm³/mol. The molecule has 2 heterocycles. The molecule has 0 radical (unpaired) electrons. The summed E-state index contributed by atoms with van der Waals surface area (Å²) in [5.41, 5.74) is 0.165. The van der Waals surface area contributed by atoms with Crippen LogP contribution in [0.5, 0.6) is 0 Å². The van der Waals surface area contributed by atoms with Crippen LogP contribution in [0.3, 0.4) is 0 Å². The van der Waals surface area contributed by atoms with Gasteiger partial charge in [0.2, 0.25) is 0 Å². The zero-order valence-electron chi connectivity index (χ0n) is 14.1. The third-order valence-electron chi connectivity index (χ3n) is 3.40. The van der Waals surface area contributed by atoms with E-state index in [1.54, 1.807) is 16.7 Å². The molecule has 1 N–H and O–H groups in total. The van der Waals surface area contributed by atoms with E-state index in [9.17, 15) is 19.7 Å². The van der Waals surface area contributed by atoms with Gasteiger partial charge in [0.05, 0.1) is 21.9 Å². The lowest BCUT2D eigenvalue weighted by atomic mass is 10.2. The van der Waals surface area contributed by atoms with Crippen LogP contribution in [0.4, 0.5) is 11.4 Å². The van der Waals surface area contributed by atoms with Crippen molar-refractivity contribution >= 4 is 57.5 Å². The van der Waals surface area contributed by atoms with Crippen molar-refractivity contribution in [2.75, 3.05) is 11.9 Å². The summed E-state index contributed by atoms with van der Waals surface area (Å²) in [6.07, 6.45) is -0.0732. The topological polar surface area (TPSA) is 111 Å². The highest BCUT2D eigenvalue weighted by Gasteiger charge is 2.18. The van der Waals surface area contributed by atoms with Gasteiger partial charge in [-0.3, -0.25) is 19.7 Å². The normalized spacial score (nSPS) is 10.5. The van der Waals surface area contributed by atoms with Crippen LogP contribution in [0, 0.1) is 10.1 Å². The largest absolute Gasteiger partial charge is 0.455 e. The van der Waals surface area contributed by atoms with Crippen LogP contribution in [-0.4, -0.2) is 28.4 Å². The smallest absolute Gasteiger partial charge is 0.312 e. The molecule has 0 aliphatic carbocycles. The first-order chi connectivity index (χ1) is 13.4. The molecule has 144 valence electrons. The van der Waals surface area contributed by atoms with Crippen LogP contribution in [0.2, 0.25) is 5.02 Å². The number of thiophene rings is 1. The first-order valence-corrected chi connectivity index (χ1v) is 9.94. The second-order valence-corrected chi connectivity index (χ2v) is 7.67. The maximum atomic E-state index is 11.9. The number of ether oxygens (including phenoxy) is 1. The van der Waals surface area contributed by atoms with Crippen molar-refractivity contribution in [1.29, 1.82) is 0 Å². The first-order valence-electron chi connectivity index (χ1n) is 7.80. The SMILES string of the molecule is O=C(COC(=O)Cc1csc(-c2cccs2)n1)Nc1ccc(Cl)cc1[N+](=O)[O-]. The number of amides is 1. The van der Waals surface area contributed by atoms with Crippen LogP contribution in [0.15, 0.2) is 41.1 Å². The Morgan fingerprint density at radius 3 is 2.82 bits per heavy atom. The van der Waals surface area contributed by atoms with Crippen LogP contribution in [-0.2, 0) is 20.7 Å². The fourth-order valence-electron chi connectivity index (χ4n) is 2.19. The second kappa shape index (κ2) is 8.91. The Hall–Kier alpha value is -2.82. The summed E-state index contributed by atoms with van der Waals surface area (Å²) >= 11 is 8.69. The maximum Gasteiger partial charge on any atom is 0.312 e. The number of aromatic nitrogens is 1. The van der Waals surface area contributed by atoms with Gasteiger partial charge >= 0.3 is 5.97 Å². The average Bonchev–Trinajstić information content (AvgIpc) is 3.33.